The second-order valence-corrected chi connectivity index (χ2v) is 6.24. The number of hydrazine groups is 1. The summed E-state index contributed by atoms with van der Waals surface area (Å²) in [5.41, 5.74) is 8.91. The average Bonchev–Trinajstić information content (AvgIpc) is 2.64. The highest BCUT2D eigenvalue weighted by atomic mass is 35.5. The van der Waals surface area contributed by atoms with Crippen LogP contribution in [0.5, 0.6) is 5.75 Å². The van der Waals surface area contributed by atoms with Crippen molar-refractivity contribution in [1.82, 2.24) is 5.53 Å². The molecule has 0 aromatic heterocycles. The summed E-state index contributed by atoms with van der Waals surface area (Å²) < 4.78 is 45.7. The number of hydrogen-bond donors (Lipinski definition) is 3. The zero-order valence-electron chi connectivity index (χ0n) is 14.1. The molecule has 0 bridgehead atoms. The Morgan fingerprint density at radius 3 is 2.67 bits per heavy atom. The molecular weight excluding hydrogens is 383 g/mol. The number of nitrogens with one attached hydrogen (secondary N) is 1. The van der Waals surface area contributed by atoms with E-state index in [0.29, 0.717) is 31.1 Å². The highest BCUT2D eigenvalue weighted by molar-refractivity contribution is 6.31. The summed E-state index contributed by atoms with van der Waals surface area (Å²) in [5.74, 6) is 4.55. The largest absolute Gasteiger partial charge is 0.489 e. The van der Waals surface area contributed by atoms with Crippen LogP contribution in [0.1, 0.15) is 23.1 Å². The Hall–Kier alpha value is -2.65. The molecule has 3 rings (SSSR count). The average molecular weight is 400 g/mol. The van der Waals surface area contributed by atoms with Crippen molar-refractivity contribution >= 4 is 23.1 Å². The van der Waals surface area contributed by atoms with Gasteiger partial charge in [-0.2, -0.15) is 0 Å². The number of nitrogens with zero attached hydrogens (tertiary/aromatic N) is 2. The Morgan fingerprint density at radius 2 is 2.04 bits per heavy atom. The molecule has 0 fully saturated rings. The molecule has 27 heavy (non-hydrogen) atoms. The summed E-state index contributed by atoms with van der Waals surface area (Å²) in [4.78, 5) is 1.82. The normalized spacial score (nSPS) is 14.1. The fraction of sp³-hybridized carbons (Fsp3) is 0.235. The first kappa shape index (κ1) is 19.1. The molecule has 144 valence electrons. The number of fused-ring (bicyclic) bond motifs is 1. The van der Waals surface area contributed by atoms with Gasteiger partial charge in [0, 0.05) is 18.2 Å². The van der Waals surface area contributed by atoms with E-state index >= 15 is 0 Å². The van der Waals surface area contributed by atoms with Crippen LogP contribution in [-0.2, 0) is 6.54 Å². The predicted molar refractivity (Wildman–Crippen MR) is 97.4 cm³/mol. The maximum Gasteiger partial charge on any atom is 0.263 e. The first-order valence-corrected chi connectivity index (χ1v) is 8.36. The van der Waals surface area contributed by atoms with Gasteiger partial charge in [-0.25, -0.2) is 24.5 Å². The SMILES string of the molecule is NN/N=C(\N)c1c(F)c(Cl)cc2c1N(Cc1ccc(C(F)F)cc1)CCO2. The summed E-state index contributed by atoms with van der Waals surface area (Å²) >= 11 is 5.94. The topological polar surface area (TPSA) is 88.9 Å². The van der Waals surface area contributed by atoms with E-state index in [1.54, 1.807) is 12.1 Å². The second kappa shape index (κ2) is 7.93. The highest BCUT2D eigenvalue weighted by Gasteiger charge is 2.28. The van der Waals surface area contributed by atoms with E-state index in [0.717, 1.165) is 5.56 Å². The third-order valence-electron chi connectivity index (χ3n) is 4.14. The monoisotopic (exact) mass is 399 g/mol. The lowest BCUT2D eigenvalue weighted by molar-refractivity contribution is 0.151. The summed E-state index contributed by atoms with van der Waals surface area (Å²) in [5, 5.41) is 3.47. The Labute approximate surface area is 158 Å². The number of ether oxygens (including phenoxy) is 1. The zero-order valence-corrected chi connectivity index (χ0v) is 14.8. The third-order valence-corrected chi connectivity index (χ3v) is 4.41. The molecule has 1 aliphatic rings. The molecule has 0 spiro atoms. The molecule has 6 nitrogen and oxygen atoms in total. The van der Waals surface area contributed by atoms with Gasteiger partial charge < -0.3 is 15.4 Å². The molecule has 5 N–H and O–H groups in total. The minimum atomic E-state index is -2.54. The fourth-order valence-electron chi connectivity index (χ4n) is 2.90. The van der Waals surface area contributed by atoms with Gasteiger partial charge in [-0.05, 0) is 5.56 Å². The van der Waals surface area contributed by atoms with E-state index in [-0.39, 0.29) is 22.0 Å². The van der Waals surface area contributed by atoms with E-state index in [9.17, 15) is 13.2 Å². The smallest absolute Gasteiger partial charge is 0.263 e. The standard InChI is InChI=1S/C17H17ClF3N5O/c18-11-7-12-15(13(14(11)19)17(22)24-25-23)26(5-6-27-12)8-9-1-3-10(4-2-9)16(20)21/h1-4,7,16,25H,5-6,8,23H2,(H2,22,24). The molecule has 10 heteroatoms. The predicted octanol–water partition coefficient (Wildman–Crippen LogP) is 2.90. The Bertz CT molecular complexity index is 861. The van der Waals surface area contributed by atoms with Gasteiger partial charge >= 0.3 is 0 Å². The van der Waals surface area contributed by atoms with Crippen molar-refractivity contribution < 1.29 is 17.9 Å². The maximum atomic E-state index is 14.7. The summed E-state index contributed by atoms with van der Waals surface area (Å²) in [6, 6.07) is 7.28. The first-order valence-electron chi connectivity index (χ1n) is 7.98. The van der Waals surface area contributed by atoms with Gasteiger partial charge in [0.05, 0.1) is 22.8 Å². The van der Waals surface area contributed by atoms with E-state index in [1.807, 2.05) is 10.4 Å². The number of alkyl halides is 2. The van der Waals surface area contributed by atoms with Gasteiger partial charge in [-0.3, -0.25) is 0 Å². The van der Waals surface area contributed by atoms with Crippen LogP contribution in [0.3, 0.4) is 0 Å². The van der Waals surface area contributed by atoms with Crippen LogP contribution in [-0.4, -0.2) is 19.0 Å². The lowest BCUT2D eigenvalue weighted by Crippen LogP contribution is -2.35. The molecule has 0 aliphatic carbocycles. The summed E-state index contributed by atoms with van der Waals surface area (Å²) in [7, 11) is 0. The molecule has 0 atom stereocenters. The van der Waals surface area contributed by atoms with Crippen LogP contribution >= 0.6 is 11.6 Å². The van der Waals surface area contributed by atoms with Gasteiger partial charge in [0.1, 0.15) is 12.4 Å². The zero-order chi connectivity index (χ0) is 19.6. The highest BCUT2D eigenvalue weighted by Crippen LogP contribution is 2.40. The van der Waals surface area contributed by atoms with Crippen LogP contribution in [0.15, 0.2) is 35.4 Å². The number of hydrazone groups is 1. The van der Waals surface area contributed by atoms with E-state index in [4.69, 9.17) is 27.9 Å². The van der Waals surface area contributed by atoms with Crippen LogP contribution < -0.4 is 26.7 Å². The van der Waals surface area contributed by atoms with Crippen molar-refractivity contribution in [3.63, 3.8) is 0 Å². The lowest BCUT2D eigenvalue weighted by Gasteiger charge is -2.33. The quantitative estimate of drug-likeness (QED) is 0.311. The van der Waals surface area contributed by atoms with E-state index < -0.39 is 12.2 Å². The Balaban J connectivity index is 2.02. The fourth-order valence-corrected chi connectivity index (χ4v) is 3.09. The van der Waals surface area contributed by atoms with Crippen molar-refractivity contribution in [2.45, 2.75) is 13.0 Å². The van der Waals surface area contributed by atoms with Gasteiger partial charge in [0.15, 0.2) is 11.7 Å². The number of anilines is 1. The molecule has 1 aliphatic heterocycles. The van der Waals surface area contributed by atoms with Crippen molar-refractivity contribution in [3.05, 3.63) is 57.9 Å². The number of amidine groups is 1. The lowest BCUT2D eigenvalue weighted by atomic mass is 10.1. The van der Waals surface area contributed by atoms with Gasteiger partial charge in [-0.15, -0.1) is 5.10 Å². The number of rotatable bonds is 5. The minimum absolute atomic E-state index is 0.0423. The first-order chi connectivity index (χ1) is 12.9. The minimum Gasteiger partial charge on any atom is -0.489 e. The summed E-state index contributed by atoms with van der Waals surface area (Å²) in [6.07, 6.45) is -2.54. The van der Waals surface area contributed by atoms with Gasteiger partial charge in [-0.1, -0.05) is 35.9 Å². The third kappa shape index (κ3) is 3.88. The molecule has 0 amide bonds. The maximum absolute atomic E-state index is 14.7. The van der Waals surface area contributed by atoms with E-state index in [1.165, 1.54) is 18.2 Å². The molecule has 1 heterocycles. The van der Waals surface area contributed by atoms with Crippen molar-refractivity contribution in [3.8, 4) is 5.75 Å². The Kier molecular flexibility index (Phi) is 5.62. The van der Waals surface area contributed by atoms with Gasteiger partial charge in [0.2, 0.25) is 0 Å². The van der Waals surface area contributed by atoms with E-state index in [2.05, 4.69) is 5.10 Å². The number of nitrogens with two attached hydrogens (primary N) is 2. The number of halogens is 4. The molecule has 0 saturated carbocycles. The van der Waals surface area contributed by atoms with Crippen molar-refractivity contribution in [2.75, 3.05) is 18.1 Å². The van der Waals surface area contributed by atoms with Crippen molar-refractivity contribution in [1.29, 1.82) is 0 Å². The number of benzene rings is 2. The number of hydrogen-bond acceptors (Lipinski definition) is 5. The van der Waals surface area contributed by atoms with Crippen molar-refractivity contribution in [2.24, 2.45) is 16.7 Å². The van der Waals surface area contributed by atoms with Crippen LogP contribution in [0.25, 0.3) is 0 Å². The molecular formula is C17H17ClF3N5O. The van der Waals surface area contributed by atoms with Crippen LogP contribution in [0.2, 0.25) is 5.02 Å². The molecule has 0 saturated heterocycles. The molecule has 0 radical (unpaired) electrons. The van der Waals surface area contributed by atoms with Crippen LogP contribution in [0, 0.1) is 5.82 Å². The summed E-state index contributed by atoms with van der Waals surface area (Å²) in [6.45, 7) is 1.11. The molecule has 0 unspecified atom stereocenters. The molecule has 2 aromatic carbocycles. The van der Waals surface area contributed by atoms with Gasteiger partial charge in [0.25, 0.3) is 6.43 Å². The Morgan fingerprint density at radius 1 is 1.33 bits per heavy atom. The van der Waals surface area contributed by atoms with Crippen LogP contribution in [0.4, 0.5) is 18.9 Å². The second-order valence-electron chi connectivity index (χ2n) is 5.83. The molecule has 2 aromatic rings.